The average Bonchev–Trinajstić information content (AvgIpc) is 2.69. The highest BCUT2D eigenvalue weighted by atomic mass is 32.2. The van der Waals surface area contributed by atoms with Gasteiger partial charge in [-0.25, -0.2) is 4.39 Å². The number of hydrogen-bond donors (Lipinski definition) is 1. The van der Waals surface area contributed by atoms with Crippen molar-refractivity contribution >= 4 is 11.8 Å². The van der Waals surface area contributed by atoms with Crippen molar-refractivity contribution in [3.05, 3.63) is 35.1 Å². The number of hydrogen-bond acceptors (Lipinski definition) is 2. The molecule has 1 atom stereocenters. The topological polar surface area (TPSA) is 12.0 Å². The lowest BCUT2D eigenvalue weighted by atomic mass is 10.1. The van der Waals surface area contributed by atoms with Crippen LogP contribution < -0.4 is 5.32 Å². The standard InChI is InChI=1S/C10H9F4NS/c11-8-2-1-6(9-15-3-4-16-9)5-7(8)10(12,13)14/h1-2,5,9,15H,3-4H2/t9-/m1/s1. The predicted molar refractivity (Wildman–Crippen MR) is 54.6 cm³/mol. The lowest BCUT2D eigenvalue weighted by Gasteiger charge is -2.13. The van der Waals surface area contributed by atoms with Crippen LogP contribution in [0.4, 0.5) is 17.6 Å². The zero-order valence-corrected chi connectivity index (χ0v) is 8.96. The van der Waals surface area contributed by atoms with Crippen LogP contribution in [0.3, 0.4) is 0 Å². The summed E-state index contributed by atoms with van der Waals surface area (Å²) in [7, 11) is 0. The van der Waals surface area contributed by atoms with E-state index in [-0.39, 0.29) is 5.37 Å². The summed E-state index contributed by atoms with van der Waals surface area (Å²) in [4.78, 5) is 0. The van der Waals surface area contributed by atoms with Crippen molar-refractivity contribution in [2.45, 2.75) is 11.6 Å². The maximum Gasteiger partial charge on any atom is 0.419 e. The molecule has 0 bridgehead atoms. The SMILES string of the molecule is Fc1ccc([C@@H]2NCCS2)cc1C(F)(F)F. The third-order valence-electron chi connectivity index (χ3n) is 2.31. The fourth-order valence-corrected chi connectivity index (χ4v) is 2.61. The number of nitrogens with one attached hydrogen (secondary N) is 1. The van der Waals surface area contributed by atoms with Crippen LogP contribution in [-0.2, 0) is 6.18 Å². The Morgan fingerprint density at radius 3 is 2.62 bits per heavy atom. The number of alkyl halides is 3. The van der Waals surface area contributed by atoms with E-state index >= 15 is 0 Å². The molecule has 1 aliphatic rings. The van der Waals surface area contributed by atoms with E-state index in [0.717, 1.165) is 24.4 Å². The molecule has 0 aliphatic carbocycles. The van der Waals surface area contributed by atoms with Gasteiger partial charge < -0.3 is 5.32 Å². The lowest BCUT2D eigenvalue weighted by molar-refractivity contribution is -0.140. The molecule has 1 N–H and O–H groups in total. The highest BCUT2D eigenvalue weighted by Crippen LogP contribution is 2.36. The molecule has 6 heteroatoms. The van der Waals surface area contributed by atoms with Crippen LogP contribution in [0, 0.1) is 5.82 Å². The molecule has 1 aromatic rings. The molecule has 1 aromatic carbocycles. The first-order chi connectivity index (χ1) is 7.48. The molecule has 1 aliphatic heterocycles. The summed E-state index contributed by atoms with van der Waals surface area (Å²) < 4.78 is 50.4. The van der Waals surface area contributed by atoms with E-state index in [4.69, 9.17) is 0 Å². The van der Waals surface area contributed by atoms with E-state index in [1.54, 1.807) is 0 Å². The summed E-state index contributed by atoms with van der Waals surface area (Å²) in [5, 5.41) is 2.88. The summed E-state index contributed by atoms with van der Waals surface area (Å²) in [6, 6.07) is 3.14. The second kappa shape index (κ2) is 4.25. The Hall–Kier alpha value is -0.750. The van der Waals surface area contributed by atoms with E-state index in [2.05, 4.69) is 5.32 Å². The molecule has 16 heavy (non-hydrogen) atoms. The molecule has 1 fully saturated rings. The summed E-state index contributed by atoms with van der Waals surface area (Å²) >= 11 is 1.52. The Bertz CT molecular complexity index is 385. The Kier molecular flexibility index (Phi) is 3.12. The number of halogens is 4. The summed E-state index contributed by atoms with van der Waals surface area (Å²) in [5.74, 6) is -0.372. The zero-order chi connectivity index (χ0) is 11.8. The Balaban J connectivity index is 2.35. The first kappa shape index (κ1) is 11.7. The van der Waals surface area contributed by atoms with Crippen molar-refractivity contribution < 1.29 is 17.6 Å². The smallest absolute Gasteiger partial charge is 0.301 e. The molecule has 0 amide bonds. The third-order valence-corrected chi connectivity index (χ3v) is 3.53. The van der Waals surface area contributed by atoms with Crippen LogP contribution in [0.25, 0.3) is 0 Å². The first-order valence-electron chi connectivity index (χ1n) is 4.70. The largest absolute Gasteiger partial charge is 0.419 e. The van der Waals surface area contributed by atoms with Gasteiger partial charge in [0.1, 0.15) is 5.82 Å². The van der Waals surface area contributed by atoms with E-state index in [0.29, 0.717) is 5.56 Å². The molecule has 1 heterocycles. The first-order valence-corrected chi connectivity index (χ1v) is 5.75. The van der Waals surface area contributed by atoms with Gasteiger partial charge in [-0.05, 0) is 17.7 Å². The minimum atomic E-state index is -4.64. The van der Waals surface area contributed by atoms with Gasteiger partial charge in [-0.2, -0.15) is 13.2 Å². The molecule has 0 aromatic heterocycles. The molecule has 0 radical (unpaired) electrons. The van der Waals surface area contributed by atoms with Gasteiger partial charge in [-0.1, -0.05) is 6.07 Å². The van der Waals surface area contributed by atoms with Gasteiger partial charge in [-0.15, -0.1) is 11.8 Å². The molecule has 0 saturated carbocycles. The van der Waals surface area contributed by atoms with Gasteiger partial charge in [0.2, 0.25) is 0 Å². The fraction of sp³-hybridized carbons (Fsp3) is 0.400. The van der Waals surface area contributed by atoms with Crippen LogP contribution in [0.15, 0.2) is 18.2 Å². The Morgan fingerprint density at radius 1 is 1.31 bits per heavy atom. The monoisotopic (exact) mass is 251 g/mol. The molecular weight excluding hydrogens is 242 g/mol. The van der Waals surface area contributed by atoms with Gasteiger partial charge in [0.15, 0.2) is 0 Å². The van der Waals surface area contributed by atoms with E-state index < -0.39 is 17.6 Å². The average molecular weight is 251 g/mol. The molecular formula is C10H9F4NS. The molecule has 2 rings (SSSR count). The summed E-state index contributed by atoms with van der Waals surface area (Å²) in [6.07, 6.45) is -4.64. The Morgan fingerprint density at radius 2 is 2.06 bits per heavy atom. The maximum absolute atomic E-state index is 13.0. The van der Waals surface area contributed by atoms with Gasteiger partial charge >= 0.3 is 6.18 Å². The van der Waals surface area contributed by atoms with Gasteiger partial charge in [0, 0.05) is 12.3 Å². The van der Waals surface area contributed by atoms with Gasteiger partial charge in [-0.3, -0.25) is 0 Å². The number of rotatable bonds is 1. The highest BCUT2D eigenvalue weighted by molar-refractivity contribution is 7.99. The predicted octanol–water partition coefficient (Wildman–Crippen LogP) is 3.18. The van der Waals surface area contributed by atoms with Crippen LogP contribution >= 0.6 is 11.8 Å². The van der Waals surface area contributed by atoms with E-state index in [1.165, 1.54) is 17.8 Å². The van der Waals surface area contributed by atoms with Crippen molar-refractivity contribution in [1.82, 2.24) is 5.32 Å². The second-order valence-corrected chi connectivity index (χ2v) is 4.65. The zero-order valence-electron chi connectivity index (χ0n) is 8.14. The van der Waals surface area contributed by atoms with Crippen molar-refractivity contribution in [2.24, 2.45) is 0 Å². The molecule has 1 nitrogen and oxygen atoms in total. The molecule has 0 unspecified atom stereocenters. The second-order valence-electron chi connectivity index (χ2n) is 3.44. The van der Waals surface area contributed by atoms with Gasteiger partial charge in [0.05, 0.1) is 10.9 Å². The lowest BCUT2D eigenvalue weighted by Crippen LogP contribution is -2.14. The third kappa shape index (κ3) is 2.32. The quantitative estimate of drug-likeness (QED) is 0.769. The van der Waals surface area contributed by atoms with Gasteiger partial charge in [0.25, 0.3) is 0 Å². The van der Waals surface area contributed by atoms with Crippen LogP contribution in [0.5, 0.6) is 0 Å². The normalized spacial score (nSPS) is 21.4. The molecule has 88 valence electrons. The highest BCUT2D eigenvalue weighted by Gasteiger charge is 2.35. The van der Waals surface area contributed by atoms with E-state index in [9.17, 15) is 17.6 Å². The molecule has 1 saturated heterocycles. The minimum absolute atomic E-state index is 0.165. The molecule has 0 spiro atoms. The van der Waals surface area contributed by atoms with Crippen molar-refractivity contribution in [3.8, 4) is 0 Å². The fourth-order valence-electron chi connectivity index (χ4n) is 1.56. The van der Waals surface area contributed by atoms with Crippen LogP contribution in [0.2, 0.25) is 0 Å². The van der Waals surface area contributed by atoms with Crippen molar-refractivity contribution in [2.75, 3.05) is 12.3 Å². The number of benzene rings is 1. The van der Waals surface area contributed by atoms with E-state index in [1.807, 2.05) is 0 Å². The van der Waals surface area contributed by atoms with Crippen molar-refractivity contribution in [3.63, 3.8) is 0 Å². The van der Waals surface area contributed by atoms with Crippen LogP contribution in [-0.4, -0.2) is 12.3 Å². The maximum atomic E-state index is 13.0. The summed E-state index contributed by atoms with van der Waals surface area (Å²) in [6.45, 7) is 0.758. The summed E-state index contributed by atoms with van der Waals surface area (Å²) in [5.41, 5.74) is -0.726. The van der Waals surface area contributed by atoms with Crippen LogP contribution in [0.1, 0.15) is 16.5 Å². The van der Waals surface area contributed by atoms with Crippen molar-refractivity contribution in [1.29, 1.82) is 0 Å². The number of thioether (sulfide) groups is 1. The minimum Gasteiger partial charge on any atom is -0.301 e. The Labute approximate surface area is 94.2 Å².